The van der Waals surface area contributed by atoms with Gasteiger partial charge in [0.1, 0.15) is 5.75 Å². The number of rotatable bonds is 3. The average molecular weight is 392 g/mol. The Morgan fingerprint density at radius 1 is 0.828 bits per heavy atom. The van der Waals surface area contributed by atoms with Gasteiger partial charge in [-0.3, -0.25) is 4.90 Å². The van der Waals surface area contributed by atoms with Crippen LogP contribution < -0.4 is 14.2 Å². The van der Waals surface area contributed by atoms with E-state index in [1.165, 1.54) is 52.1 Å². The van der Waals surface area contributed by atoms with Crippen LogP contribution in [0.1, 0.15) is 30.9 Å². The predicted molar refractivity (Wildman–Crippen MR) is 117 cm³/mol. The zero-order chi connectivity index (χ0) is 20.1. The van der Waals surface area contributed by atoms with E-state index < -0.39 is 0 Å². The number of hydrogen-bond donors (Lipinski definition) is 0. The Hall–Kier alpha value is -2.46. The summed E-state index contributed by atoms with van der Waals surface area (Å²) in [6, 6.07) is 11.4. The summed E-state index contributed by atoms with van der Waals surface area (Å²) >= 11 is 0. The van der Waals surface area contributed by atoms with Gasteiger partial charge in [-0.25, -0.2) is 0 Å². The van der Waals surface area contributed by atoms with Crippen LogP contribution in [0.3, 0.4) is 0 Å². The summed E-state index contributed by atoms with van der Waals surface area (Å²) in [4.78, 5) is 2.69. The highest BCUT2D eigenvalue weighted by molar-refractivity contribution is 6.12. The maximum atomic E-state index is 5.66. The maximum Gasteiger partial charge on any atom is 0.161 e. The van der Waals surface area contributed by atoms with E-state index in [0.29, 0.717) is 6.04 Å². The summed E-state index contributed by atoms with van der Waals surface area (Å²) < 4.78 is 16.8. The minimum atomic E-state index is 0.637. The molecule has 5 rings (SSSR count). The van der Waals surface area contributed by atoms with Crippen molar-refractivity contribution in [3.63, 3.8) is 0 Å². The second-order valence-electron chi connectivity index (χ2n) is 8.58. The average Bonchev–Trinajstić information content (AvgIpc) is 2.76. The lowest BCUT2D eigenvalue weighted by Gasteiger charge is -2.43. The van der Waals surface area contributed by atoms with Crippen molar-refractivity contribution in [3.8, 4) is 17.2 Å². The third kappa shape index (κ3) is 2.93. The molecule has 0 bridgehead atoms. The number of piperidine rings is 1. The molecular weight excluding hydrogens is 362 g/mol. The molecular formula is C25H29NO3. The Kier molecular flexibility index (Phi) is 4.54. The zero-order valence-corrected chi connectivity index (χ0v) is 17.7. The van der Waals surface area contributed by atoms with Gasteiger partial charge in [0.05, 0.1) is 21.3 Å². The molecule has 0 saturated carbocycles. The Labute approximate surface area is 172 Å². The van der Waals surface area contributed by atoms with Gasteiger partial charge in [-0.05, 0) is 88.7 Å². The lowest BCUT2D eigenvalue weighted by atomic mass is 9.80. The van der Waals surface area contributed by atoms with E-state index in [9.17, 15) is 0 Å². The Balaban J connectivity index is 1.82. The molecule has 4 nitrogen and oxygen atoms in total. The van der Waals surface area contributed by atoms with Crippen LogP contribution in [0.4, 0.5) is 0 Å². The molecule has 2 heterocycles. The van der Waals surface area contributed by atoms with Crippen LogP contribution in [0.15, 0.2) is 30.3 Å². The first-order valence-electron chi connectivity index (χ1n) is 10.5. The third-order valence-electron chi connectivity index (χ3n) is 6.96. The van der Waals surface area contributed by atoms with Gasteiger partial charge in [0.25, 0.3) is 0 Å². The number of methoxy groups -OCH3 is 3. The minimum absolute atomic E-state index is 0.637. The molecule has 152 valence electrons. The summed E-state index contributed by atoms with van der Waals surface area (Å²) in [5.74, 6) is 3.26. The van der Waals surface area contributed by atoms with Gasteiger partial charge in [0.2, 0.25) is 0 Å². The van der Waals surface area contributed by atoms with Crippen molar-refractivity contribution in [1.82, 2.24) is 4.90 Å². The molecule has 0 radical (unpaired) electrons. The van der Waals surface area contributed by atoms with Gasteiger partial charge in [0.15, 0.2) is 11.5 Å². The van der Waals surface area contributed by atoms with Crippen LogP contribution >= 0.6 is 0 Å². The zero-order valence-electron chi connectivity index (χ0n) is 17.7. The fraction of sp³-hybridized carbons (Fsp3) is 0.440. The van der Waals surface area contributed by atoms with Crippen LogP contribution in [0.2, 0.25) is 0 Å². The van der Waals surface area contributed by atoms with E-state index in [1.54, 1.807) is 21.3 Å². The number of fused-ring (bicyclic) bond motifs is 7. The number of nitrogens with zero attached hydrogens (tertiary/aromatic N) is 1. The monoisotopic (exact) mass is 391 g/mol. The largest absolute Gasteiger partial charge is 0.497 e. The minimum Gasteiger partial charge on any atom is -0.497 e. The molecule has 2 aliphatic rings. The Bertz CT molecular complexity index is 1090. The first kappa shape index (κ1) is 18.6. The quantitative estimate of drug-likeness (QED) is 0.576. The van der Waals surface area contributed by atoms with Crippen LogP contribution in [-0.2, 0) is 13.0 Å². The van der Waals surface area contributed by atoms with Gasteiger partial charge >= 0.3 is 0 Å². The maximum absolute atomic E-state index is 5.66. The van der Waals surface area contributed by atoms with Crippen LogP contribution in [0.25, 0.3) is 21.5 Å². The molecule has 0 spiro atoms. The van der Waals surface area contributed by atoms with Crippen LogP contribution in [0, 0.1) is 5.92 Å². The molecule has 0 aromatic heterocycles. The van der Waals surface area contributed by atoms with Crippen molar-refractivity contribution >= 4 is 21.5 Å². The molecule has 3 aromatic carbocycles. The predicted octanol–water partition coefficient (Wildman–Crippen LogP) is 5.18. The SMILES string of the molecule is COc1ccc2c3c(c4cc(OC)c(OC)cc4c2c1)CC1CC(C)CCN1C3. The van der Waals surface area contributed by atoms with Crippen LogP contribution in [-0.4, -0.2) is 38.8 Å². The lowest BCUT2D eigenvalue weighted by molar-refractivity contribution is 0.101. The summed E-state index contributed by atoms with van der Waals surface area (Å²) in [6.07, 6.45) is 3.69. The fourth-order valence-corrected chi connectivity index (χ4v) is 5.39. The first-order chi connectivity index (χ1) is 14.1. The van der Waals surface area contributed by atoms with Gasteiger partial charge in [0, 0.05) is 12.6 Å². The second-order valence-corrected chi connectivity index (χ2v) is 8.58. The Morgan fingerprint density at radius 2 is 1.55 bits per heavy atom. The van der Waals surface area contributed by atoms with Gasteiger partial charge in [-0.1, -0.05) is 13.0 Å². The molecule has 2 atom stereocenters. The topological polar surface area (TPSA) is 30.9 Å². The highest BCUT2D eigenvalue weighted by Gasteiger charge is 2.33. The van der Waals surface area contributed by atoms with Crippen molar-refractivity contribution in [2.45, 2.75) is 38.8 Å². The fourth-order valence-electron chi connectivity index (χ4n) is 5.39. The summed E-state index contributed by atoms with van der Waals surface area (Å²) in [5.41, 5.74) is 2.95. The smallest absolute Gasteiger partial charge is 0.161 e. The lowest BCUT2D eigenvalue weighted by Crippen LogP contribution is -2.45. The molecule has 2 unspecified atom stereocenters. The van der Waals surface area contributed by atoms with Crippen LogP contribution in [0.5, 0.6) is 17.2 Å². The first-order valence-corrected chi connectivity index (χ1v) is 10.5. The van der Waals surface area contributed by atoms with E-state index in [0.717, 1.165) is 36.1 Å². The molecule has 4 heteroatoms. The molecule has 0 N–H and O–H groups in total. The molecule has 0 aliphatic carbocycles. The highest BCUT2D eigenvalue weighted by Crippen LogP contribution is 2.44. The molecule has 0 amide bonds. The molecule has 2 aliphatic heterocycles. The van der Waals surface area contributed by atoms with E-state index >= 15 is 0 Å². The van der Waals surface area contributed by atoms with E-state index in [-0.39, 0.29) is 0 Å². The standard InChI is InChI=1S/C25H29NO3/c1-15-7-8-26-14-23-18-6-5-17(27-2)11-20(18)22-13-25(29-4)24(28-3)12-21(22)19(23)10-16(26)9-15/h5-6,11-13,15-16H,7-10,14H2,1-4H3. The summed E-state index contributed by atoms with van der Waals surface area (Å²) in [5, 5.41) is 5.06. The number of benzene rings is 3. The van der Waals surface area contributed by atoms with E-state index in [2.05, 4.69) is 42.2 Å². The van der Waals surface area contributed by atoms with E-state index in [1.807, 2.05) is 0 Å². The van der Waals surface area contributed by atoms with Crippen molar-refractivity contribution in [3.05, 3.63) is 41.5 Å². The summed E-state index contributed by atoms with van der Waals surface area (Å²) in [6.45, 7) is 4.62. The molecule has 29 heavy (non-hydrogen) atoms. The highest BCUT2D eigenvalue weighted by atomic mass is 16.5. The third-order valence-corrected chi connectivity index (χ3v) is 6.96. The van der Waals surface area contributed by atoms with Gasteiger partial charge in [-0.2, -0.15) is 0 Å². The normalized spacial score (nSPS) is 21.7. The van der Waals surface area contributed by atoms with Crippen molar-refractivity contribution in [2.24, 2.45) is 5.92 Å². The number of hydrogen-bond acceptors (Lipinski definition) is 4. The van der Waals surface area contributed by atoms with Crippen molar-refractivity contribution < 1.29 is 14.2 Å². The number of ether oxygens (including phenoxy) is 3. The van der Waals surface area contributed by atoms with E-state index in [4.69, 9.17) is 14.2 Å². The second kappa shape index (κ2) is 7.10. The Morgan fingerprint density at radius 3 is 2.28 bits per heavy atom. The summed E-state index contributed by atoms with van der Waals surface area (Å²) in [7, 11) is 5.14. The van der Waals surface area contributed by atoms with Gasteiger partial charge < -0.3 is 14.2 Å². The molecule has 1 fully saturated rings. The van der Waals surface area contributed by atoms with Crippen molar-refractivity contribution in [1.29, 1.82) is 0 Å². The molecule has 1 saturated heterocycles. The van der Waals surface area contributed by atoms with Gasteiger partial charge in [-0.15, -0.1) is 0 Å². The molecule has 3 aromatic rings. The van der Waals surface area contributed by atoms with Crippen molar-refractivity contribution in [2.75, 3.05) is 27.9 Å².